The van der Waals surface area contributed by atoms with Gasteiger partial charge in [0.1, 0.15) is 0 Å². The second kappa shape index (κ2) is 5.91. The summed E-state index contributed by atoms with van der Waals surface area (Å²) in [5, 5.41) is 3.72. The van der Waals surface area contributed by atoms with Gasteiger partial charge in [-0.15, -0.1) is 0 Å². The Morgan fingerprint density at radius 2 is 2.10 bits per heavy atom. The lowest BCUT2D eigenvalue weighted by Gasteiger charge is -2.45. The molecule has 4 nitrogen and oxygen atoms in total. The van der Waals surface area contributed by atoms with Crippen molar-refractivity contribution in [3.63, 3.8) is 0 Å². The zero-order chi connectivity index (χ0) is 14.1. The van der Waals surface area contributed by atoms with Gasteiger partial charge in [0.05, 0.1) is 17.8 Å². The summed E-state index contributed by atoms with van der Waals surface area (Å²) in [4.78, 5) is 0. The average molecular weight is 283 g/mol. The molecular formula is C16H29NO3. The Balaban J connectivity index is 1.73. The smallest absolute Gasteiger partial charge is 0.0939 e. The van der Waals surface area contributed by atoms with Crippen LogP contribution in [0.4, 0.5) is 0 Å². The maximum atomic E-state index is 6.12. The van der Waals surface area contributed by atoms with Crippen molar-refractivity contribution in [3.8, 4) is 0 Å². The molecule has 20 heavy (non-hydrogen) atoms. The molecule has 3 saturated heterocycles. The van der Waals surface area contributed by atoms with Crippen LogP contribution in [0.15, 0.2) is 0 Å². The molecule has 0 aromatic heterocycles. The molecular weight excluding hydrogens is 254 g/mol. The van der Waals surface area contributed by atoms with Crippen molar-refractivity contribution < 1.29 is 14.2 Å². The van der Waals surface area contributed by atoms with Gasteiger partial charge in [-0.3, -0.25) is 0 Å². The van der Waals surface area contributed by atoms with Crippen LogP contribution in [0.25, 0.3) is 0 Å². The Morgan fingerprint density at radius 3 is 2.75 bits per heavy atom. The van der Waals surface area contributed by atoms with Crippen molar-refractivity contribution in [2.75, 3.05) is 33.0 Å². The van der Waals surface area contributed by atoms with E-state index in [-0.39, 0.29) is 11.2 Å². The van der Waals surface area contributed by atoms with Gasteiger partial charge in [-0.2, -0.15) is 0 Å². The number of hydrogen-bond donors (Lipinski definition) is 1. The molecule has 3 aliphatic heterocycles. The third kappa shape index (κ3) is 2.76. The van der Waals surface area contributed by atoms with Crippen LogP contribution >= 0.6 is 0 Å². The van der Waals surface area contributed by atoms with E-state index in [4.69, 9.17) is 14.2 Å². The van der Waals surface area contributed by atoms with Crippen LogP contribution in [-0.4, -0.2) is 50.2 Å². The first-order chi connectivity index (χ1) is 9.68. The van der Waals surface area contributed by atoms with Crippen LogP contribution in [0.5, 0.6) is 0 Å². The Morgan fingerprint density at radius 1 is 1.20 bits per heavy atom. The van der Waals surface area contributed by atoms with E-state index in [9.17, 15) is 0 Å². The largest absolute Gasteiger partial charge is 0.378 e. The molecule has 1 spiro atoms. The predicted octanol–water partition coefficient (Wildman–Crippen LogP) is 2.12. The lowest BCUT2D eigenvalue weighted by atomic mass is 9.75. The standard InChI is InChI=1S/C16H29NO3/c1-3-17-14(15(2)6-4-8-19-15)13-5-9-20-16(11-13)7-10-18-12-16/h13-14,17H,3-12H2,1-2H3. The SMILES string of the molecule is CCNC(C1CCOC2(CCOC2)C1)C1(C)CCCO1. The molecule has 3 rings (SSSR count). The molecule has 1 N–H and O–H groups in total. The fraction of sp³-hybridized carbons (Fsp3) is 1.00. The third-order valence-electron chi connectivity index (χ3n) is 5.40. The second-order valence-electron chi connectivity index (χ2n) is 6.89. The average Bonchev–Trinajstić information content (AvgIpc) is 3.07. The van der Waals surface area contributed by atoms with Crippen LogP contribution in [0.3, 0.4) is 0 Å². The molecule has 4 atom stereocenters. The van der Waals surface area contributed by atoms with Crippen LogP contribution in [-0.2, 0) is 14.2 Å². The minimum absolute atomic E-state index is 0.00132. The lowest BCUT2D eigenvalue weighted by molar-refractivity contribution is -0.120. The number of likely N-dealkylation sites (N-methyl/N-ethyl adjacent to an activating group) is 1. The van der Waals surface area contributed by atoms with Crippen molar-refractivity contribution in [1.82, 2.24) is 5.32 Å². The van der Waals surface area contributed by atoms with E-state index in [2.05, 4.69) is 19.2 Å². The molecule has 4 heteroatoms. The molecule has 0 aromatic carbocycles. The summed E-state index contributed by atoms with van der Waals surface area (Å²) in [6.45, 7) is 8.90. The molecule has 4 unspecified atom stereocenters. The Hall–Kier alpha value is -0.160. The molecule has 3 heterocycles. The van der Waals surface area contributed by atoms with Crippen LogP contribution in [0.2, 0.25) is 0 Å². The van der Waals surface area contributed by atoms with Crippen LogP contribution < -0.4 is 5.32 Å². The first kappa shape index (κ1) is 14.8. The quantitative estimate of drug-likeness (QED) is 0.858. The van der Waals surface area contributed by atoms with Gasteiger partial charge < -0.3 is 19.5 Å². The van der Waals surface area contributed by atoms with Gasteiger partial charge in [0.25, 0.3) is 0 Å². The van der Waals surface area contributed by atoms with Gasteiger partial charge >= 0.3 is 0 Å². The van der Waals surface area contributed by atoms with E-state index < -0.39 is 0 Å². The van der Waals surface area contributed by atoms with Crippen molar-refractivity contribution in [2.45, 2.75) is 63.2 Å². The second-order valence-corrected chi connectivity index (χ2v) is 6.89. The number of hydrogen-bond acceptors (Lipinski definition) is 4. The lowest BCUT2D eigenvalue weighted by Crippen LogP contribution is -2.56. The van der Waals surface area contributed by atoms with Crippen molar-refractivity contribution in [2.24, 2.45) is 5.92 Å². The van der Waals surface area contributed by atoms with Gasteiger partial charge in [-0.1, -0.05) is 6.92 Å². The van der Waals surface area contributed by atoms with Crippen molar-refractivity contribution in [1.29, 1.82) is 0 Å². The van der Waals surface area contributed by atoms with Gasteiger partial charge in [-0.05, 0) is 45.1 Å². The first-order valence-electron chi connectivity index (χ1n) is 8.27. The highest BCUT2D eigenvalue weighted by Gasteiger charge is 2.48. The monoisotopic (exact) mass is 283 g/mol. The predicted molar refractivity (Wildman–Crippen MR) is 77.9 cm³/mol. The maximum absolute atomic E-state index is 6.12. The summed E-state index contributed by atoms with van der Waals surface area (Å²) >= 11 is 0. The fourth-order valence-corrected chi connectivity index (χ4v) is 4.36. The van der Waals surface area contributed by atoms with Gasteiger partial charge in [0.2, 0.25) is 0 Å². The number of ether oxygens (including phenoxy) is 3. The minimum atomic E-state index is -0.00838. The zero-order valence-corrected chi connectivity index (χ0v) is 13.0. The third-order valence-corrected chi connectivity index (χ3v) is 5.40. The Labute approximate surface area is 122 Å². The Kier molecular flexibility index (Phi) is 4.37. The molecule has 0 aliphatic carbocycles. The molecule has 0 amide bonds. The zero-order valence-electron chi connectivity index (χ0n) is 13.0. The fourth-order valence-electron chi connectivity index (χ4n) is 4.36. The molecule has 0 aromatic rings. The highest BCUT2D eigenvalue weighted by molar-refractivity contribution is 5.01. The van der Waals surface area contributed by atoms with Crippen molar-refractivity contribution in [3.05, 3.63) is 0 Å². The molecule has 0 bridgehead atoms. The summed E-state index contributed by atoms with van der Waals surface area (Å²) in [6, 6.07) is 0.441. The van der Waals surface area contributed by atoms with E-state index in [0.717, 1.165) is 52.2 Å². The van der Waals surface area contributed by atoms with Gasteiger partial charge in [0, 0.05) is 32.3 Å². The van der Waals surface area contributed by atoms with Crippen molar-refractivity contribution >= 4 is 0 Å². The number of rotatable bonds is 4. The van der Waals surface area contributed by atoms with E-state index >= 15 is 0 Å². The van der Waals surface area contributed by atoms with E-state index in [1.807, 2.05) is 0 Å². The molecule has 116 valence electrons. The van der Waals surface area contributed by atoms with Gasteiger partial charge in [-0.25, -0.2) is 0 Å². The van der Waals surface area contributed by atoms with Crippen LogP contribution in [0.1, 0.15) is 46.0 Å². The minimum Gasteiger partial charge on any atom is -0.378 e. The Bertz CT molecular complexity index is 322. The molecule has 0 saturated carbocycles. The molecule has 3 aliphatic rings. The summed E-state index contributed by atoms with van der Waals surface area (Å²) < 4.78 is 17.8. The number of nitrogens with one attached hydrogen (secondary N) is 1. The van der Waals surface area contributed by atoms with Crippen LogP contribution in [0, 0.1) is 5.92 Å². The maximum Gasteiger partial charge on any atom is 0.0939 e. The first-order valence-corrected chi connectivity index (χ1v) is 8.27. The molecule has 3 fully saturated rings. The highest BCUT2D eigenvalue weighted by atomic mass is 16.6. The van der Waals surface area contributed by atoms with E-state index in [0.29, 0.717) is 12.0 Å². The van der Waals surface area contributed by atoms with Gasteiger partial charge in [0.15, 0.2) is 0 Å². The summed E-state index contributed by atoms with van der Waals surface area (Å²) in [5.41, 5.74) is -0.00970. The van der Waals surface area contributed by atoms with E-state index in [1.165, 1.54) is 12.8 Å². The normalized spacial score (nSPS) is 43.2. The molecule has 0 radical (unpaired) electrons. The summed E-state index contributed by atoms with van der Waals surface area (Å²) in [7, 11) is 0. The summed E-state index contributed by atoms with van der Waals surface area (Å²) in [6.07, 6.45) is 5.67. The topological polar surface area (TPSA) is 39.7 Å². The highest BCUT2D eigenvalue weighted by Crippen LogP contribution is 2.41. The van der Waals surface area contributed by atoms with E-state index in [1.54, 1.807) is 0 Å². The summed E-state index contributed by atoms with van der Waals surface area (Å²) in [5.74, 6) is 0.633.